The Morgan fingerprint density at radius 1 is 1.46 bits per heavy atom. The second kappa shape index (κ2) is 4.56. The Morgan fingerprint density at radius 2 is 2.15 bits per heavy atom. The zero-order valence-electron chi connectivity index (χ0n) is 7.93. The van der Waals surface area contributed by atoms with Gasteiger partial charge in [0.15, 0.2) is 0 Å². The van der Waals surface area contributed by atoms with E-state index in [-0.39, 0.29) is 4.69 Å². The second-order valence-corrected chi connectivity index (χ2v) is 3.83. The van der Waals surface area contributed by atoms with Gasteiger partial charge in [-0.05, 0) is 40.4 Å². The Kier molecular flexibility index (Phi) is 3.67. The van der Waals surface area contributed by atoms with Gasteiger partial charge in [-0.25, -0.2) is 0 Å². The summed E-state index contributed by atoms with van der Waals surface area (Å²) in [6.07, 6.45) is 2.15. The number of carbonyl (C=O) groups is 1. The van der Waals surface area contributed by atoms with Gasteiger partial charge in [0, 0.05) is 5.56 Å². The molecule has 0 saturated carbocycles. The summed E-state index contributed by atoms with van der Waals surface area (Å²) in [5.74, 6) is 0. The van der Waals surface area contributed by atoms with Gasteiger partial charge in [-0.1, -0.05) is 31.5 Å². The number of benzene rings is 1. The summed E-state index contributed by atoms with van der Waals surface area (Å²) in [4.78, 5) is 11.1. The molecule has 0 heterocycles. The van der Waals surface area contributed by atoms with E-state index in [1.165, 1.54) is 5.56 Å². The number of aryl methyl sites for hydroxylation is 1. The lowest BCUT2D eigenvalue weighted by molar-refractivity contribution is 0.109. The Hall–Kier alpha value is -0.630. The molecule has 0 spiro atoms. The number of rotatable bonds is 3. The lowest BCUT2D eigenvalue weighted by Gasteiger charge is -2.06. The van der Waals surface area contributed by atoms with Gasteiger partial charge < -0.3 is 0 Å². The first-order valence-corrected chi connectivity index (χ1v) is 5.24. The molecule has 0 aliphatic heterocycles. The highest BCUT2D eigenvalue weighted by Gasteiger charge is 2.07. The van der Waals surface area contributed by atoms with Crippen LogP contribution in [0.25, 0.3) is 0 Å². The van der Waals surface area contributed by atoms with Crippen molar-refractivity contribution < 1.29 is 4.79 Å². The van der Waals surface area contributed by atoms with Gasteiger partial charge in [0.25, 0.3) is 0 Å². The Balaban J connectivity index is 3.10. The van der Waals surface area contributed by atoms with Gasteiger partial charge >= 0.3 is 0 Å². The Morgan fingerprint density at radius 3 is 2.69 bits per heavy atom. The van der Waals surface area contributed by atoms with Crippen molar-refractivity contribution in [3.05, 3.63) is 34.9 Å². The van der Waals surface area contributed by atoms with E-state index in [4.69, 9.17) is 0 Å². The summed E-state index contributed by atoms with van der Waals surface area (Å²) in [6, 6.07) is 5.87. The van der Waals surface area contributed by atoms with Crippen LogP contribution in [0.4, 0.5) is 0 Å². The van der Waals surface area contributed by atoms with Crippen LogP contribution in [0, 0.1) is 6.92 Å². The fraction of sp³-hybridized carbons (Fsp3) is 0.364. The molecule has 0 bridgehead atoms. The Labute approximate surface area is 87.3 Å². The molecular weight excluding hydrogens is 228 g/mol. The topological polar surface area (TPSA) is 17.1 Å². The molecule has 0 radical (unpaired) electrons. The van der Waals surface area contributed by atoms with E-state index in [0.29, 0.717) is 0 Å². The minimum Gasteiger partial charge on any atom is -0.281 e. The highest BCUT2D eigenvalue weighted by atomic mass is 79.9. The molecule has 0 aliphatic rings. The number of hydrogen-bond donors (Lipinski definition) is 0. The van der Waals surface area contributed by atoms with Gasteiger partial charge in [0.2, 0.25) is 4.69 Å². The minimum absolute atomic E-state index is 0.0250. The van der Waals surface area contributed by atoms with Crippen molar-refractivity contribution in [2.75, 3.05) is 0 Å². The standard InChI is InChI=1S/C11H13BrO/c1-3-5-9-6-4-7-10(8(9)2)11(12)13/h4,6-7H,3,5H2,1-2H3. The van der Waals surface area contributed by atoms with Crippen molar-refractivity contribution in [2.24, 2.45) is 0 Å². The third-order valence-corrected chi connectivity index (χ3v) is 2.60. The third-order valence-electron chi connectivity index (χ3n) is 2.18. The first-order valence-electron chi connectivity index (χ1n) is 4.45. The highest BCUT2D eigenvalue weighted by molar-refractivity contribution is 9.18. The van der Waals surface area contributed by atoms with Gasteiger partial charge in [-0.15, -0.1) is 0 Å². The van der Waals surface area contributed by atoms with Crippen LogP contribution in [0.3, 0.4) is 0 Å². The van der Waals surface area contributed by atoms with E-state index in [2.05, 4.69) is 28.9 Å². The molecule has 1 rings (SSSR count). The van der Waals surface area contributed by atoms with E-state index in [1.54, 1.807) is 0 Å². The molecule has 70 valence electrons. The summed E-state index contributed by atoms with van der Waals surface area (Å²) < 4.78 is -0.0250. The molecule has 0 aliphatic carbocycles. The van der Waals surface area contributed by atoms with Crippen molar-refractivity contribution in [3.8, 4) is 0 Å². The van der Waals surface area contributed by atoms with E-state index >= 15 is 0 Å². The molecule has 2 heteroatoms. The molecule has 0 amide bonds. The van der Waals surface area contributed by atoms with E-state index < -0.39 is 0 Å². The van der Waals surface area contributed by atoms with Gasteiger partial charge in [0.05, 0.1) is 0 Å². The van der Waals surface area contributed by atoms with Crippen molar-refractivity contribution in [1.82, 2.24) is 0 Å². The number of hydrogen-bond acceptors (Lipinski definition) is 1. The molecule has 0 atom stereocenters. The molecular formula is C11H13BrO. The van der Waals surface area contributed by atoms with Crippen LogP contribution in [0.2, 0.25) is 0 Å². The van der Waals surface area contributed by atoms with Crippen LogP contribution in [-0.2, 0) is 6.42 Å². The smallest absolute Gasteiger partial charge is 0.228 e. The summed E-state index contributed by atoms with van der Waals surface area (Å²) in [6.45, 7) is 4.14. The van der Waals surface area contributed by atoms with Crippen molar-refractivity contribution in [3.63, 3.8) is 0 Å². The number of halogens is 1. The highest BCUT2D eigenvalue weighted by Crippen LogP contribution is 2.17. The van der Waals surface area contributed by atoms with E-state index in [1.807, 2.05) is 19.1 Å². The monoisotopic (exact) mass is 240 g/mol. The number of carbonyl (C=O) groups excluding carboxylic acids is 1. The van der Waals surface area contributed by atoms with Gasteiger partial charge in [-0.3, -0.25) is 4.79 Å². The molecule has 1 nitrogen and oxygen atoms in total. The molecule has 0 N–H and O–H groups in total. The van der Waals surface area contributed by atoms with Crippen LogP contribution in [0.5, 0.6) is 0 Å². The summed E-state index contributed by atoms with van der Waals surface area (Å²) in [7, 11) is 0. The van der Waals surface area contributed by atoms with Crippen LogP contribution >= 0.6 is 15.9 Å². The average molecular weight is 241 g/mol. The van der Waals surface area contributed by atoms with Crippen LogP contribution < -0.4 is 0 Å². The van der Waals surface area contributed by atoms with E-state index in [9.17, 15) is 4.79 Å². The molecule has 0 fully saturated rings. The van der Waals surface area contributed by atoms with Crippen molar-refractivity contribution in [2.45, 2.75) is 26.7 Å². The second-order valence-electron chi connectivity index (χ2n) is 3.11. The SMILES string of the molecule is CCCc1cccc(C(=O)Br)c1C. The largest absolute Gasteiger partial charge is 0.281 e. The van der Waals surface area contributed by atoms with Crippen LogP contribution in [0.1, 0.15) is 34.8 Å². The van der Waals surface area contributed by atoms with Crippen molar-refractivity contribution in [1.29, 1.82) is 0 Å². The maximum absolute atomic E-state index is 11.1. The quantitative estimate of drug-likeness (QED) is 0.740. The predicted octanol–water partition coefficient (Wildman–Crippen LogP) is 3.48. The lowest BCUT2D eigenvalue weighted by atomic mass is 10.00. The third kappa shape index (κ3) is 2.41. The fourth-order valence-electron chi connectivity index (χ4n) is 1.44. The minimum atomic E-state index is -0.0250. The molecule has 13 heavy (non-hydrogen) atoms. The molecule has 1 aromatic carbocycles. The predicted molar refractivity (Wildman–Crippen MR) is 58.4 cm³/mol. The maximum atomic E-state index is 11.1. The zero-order chi connectivity index (χ0) is 9.84. The molecule has 0 saturated heterocycles. The maximum Gasteiger partial charge on any atom is 0.228 e. The van der Waals surface area contributed by atoms with Gasteiger partial charge in [-0.2, -0.15) is 0 Å². The average Bonchev–Trinajstić information content (AvgIpc) is 2.08. The zero-order valence-corrected chi connectivity index (χ0v) is 9.52. The summed E-state index contributed by atoms with van der Waals surface area (Å²) in [5, 5.41) is 0. The van der Waals surface area contributed by atoms with Crippen LogP contribution in [-0.4, -0.2) is 4.69 Å². The van der Waals surface area contributed by atoms with Gasteiger partial charge in [0.1, 0.15) is 0 Å². The summed E-state index contributed by atoms with van der Waals surface area (Å²) >= 11 is 2.98. The van der Waals surface area contributed by atoms with E-state index in [0.717, 1.165) is 24.0 Å². The van der Waals surface area contributed by atoms with Crippen LogP contribution in [0.15, 0.2) is 18.2 Å². The van der Waals surface area contributed by atoms with Crippen molar-refractivity contribution >= 4 is 20.6 Å². The lowest BCUT2D eigenvalue weighted by Crippen LogP contribution is -1.97. The molecule has 0 aromatic heterocycles. The first-order chi connectivity index (χ1) is 6.16. The molecule has 0 unspecified atom stereocenters. The molecule has 1 aromatic rings. The fourth-order valence-corrected chi connectivity index (χ4v) is 1.87. The Bertz CT molecular complexity index is 318. The first kappa shape index (κ1) is 10.5. The normalized spacial score (nSPS) is 10.1. The summed E-state index contributed by atoms with van der Waals surface area (Å²) in [5.41, 5.74) is 3.16.